The standard InChI is InChI=1S/C13H18ClN3O/c1-3-9-4-5-10(8(9)2)15-13(18)11-6-7-12(14)17-16-11/h6-10H,3-5H2,1-2H3,(H,15,18). The lowest BCUT2D eigenvalue weighted by atomic mass is 9.93. The zero-order valence-electron chi connectivity index (χ0n) is 10.7. The molecular formula is C13H18ClN3O. The largest absolute Gasteiger partial charge is 0.348 e. The van der Waals surface area contributed by atoms with Crippen LogP contribution in [0.5, 0.6) is 0 Å². The van der Waals surface area contributed by atoms with Gasteiger partial charge in [0.05, 0.1) is 0 Å². The first kappa shape index (κ1) is 13.3. The van der Waals surface area contributed by atoms with Crippen molar-refractivity contribution in [2.45, 2.75) is 39.2 Å². The number of nitrogens with one attached hydrogen (secondary N) is 1. The highest BCUT2D eigenvalue weighted by atomic mass is 35.5. The van der Waals surface area contributed by atoms with E-state index in [0.29, 0.717) is 22.7 Å². The van der Waals surface area contributed by atoms with Crippen molar-refractivity contribution in [2.75, 3.05) is 0 Å². The highest BCUT2D eigenvalue weighted by Gasteiger charge is 2.32. The smallest absolute Gasteiger partial charge is 0.272 e. The van der Waals surface area contributed by atoms with Gasteiger partial charge in [-0.3, -0.25) is 4.79 Å². The lowest BCUT2D eigenvalue weighted by Crippen LogP contribution is -2.38. The molecule has 1 heterocycles. The minimum absolute atomic E-state index is 0.159. The monoisotopic (exact) mass is 267 g/mol. The topological polar surface area (TPSA) is 54.9 Å². The second kappa shape index (κ2) is 5.65. The van der Waals surface area contributed by atoms with Gasteiger partial charge in [0.15, 0.2) is 10.8 Å². The molecule has 1 aliphatic carbocycles. The van der Waals surface area contributed by atoms with Crippen LogP contribution in [0.2, 0.25) is 5.15 Å². The van der Waals surface area contributed by atoms with Gasteiger partial charge in [0, 0.05) is 6.04 Å². The third-order valence-corrected chi connectivity index (χ3v) is 4.13. The molecule has 1 N–H and O–H groups in total. The second-order valence-corrected chi connectivity index (χ2v) is 5.31. The predicted molar refractivity (Wildman–Crippen MR) is 70.5 cm³/mol. The molecule has 3 unspecified atom stereocenters. The Kier molecular flexibility index (Phi) is 4.17. The second-order valence-electron chi connectivity index (χ2n) is 4.93. The Morgan fingerprint density at radius 2 is 2.22 bits per heavy atom. The van der Waals surface area contributed by atoms with Crippen LogP contribution in [-0.4, -0.2) is 22.1 Å². The van der Waals surface area contributed by atoms with Crippen molar-refractivity contribution in [3.63, 3.8) is 0 Å². The average Bonchev–Trinajstić information content (AvgIpc) is 2.71. The van der Waals surface area contributed by atoms with Gasteiger partial charge in [-0.1, -0.05) is 31.9 Å². The Bertz CT molecular complexity index is 421. The van der Waals surface area contributed by atoms with E-state index in [-0.39, 0.29) is 11.9 Å². The van der Waals surface area contributed by atoms with Crippen LogP contribution in [0.15, 0.2) is 12.1 Å². The first-order chi connectivity index (χ1) is 8.61. The van der Waals surface area contributed by atoms with E-state index in [1.807, 2.05) is 0 Å². The fourth-order valence-electron chi connectivity index (χ4n) is 2.71. The summed E-state index contributed by atoms with van der Waals surface area (Å²) in [4.78, 5) is 12.0. The van der Waals surface area contributed by atoms with Gasteiger partial charge in [0.2, 0.25) is 0 Å². The van der Waals surface area contributed by atoms with Gasteiger partial charge in [-0.25, -0.2) is 0 Å². The van der Waals surface area contributed by atoms with E-state index in [4.69, 9.17) is 11.6 Å². The van der Waals surface area contributed by atoms with Crippen LogP contribution in [-0.2, 0) is 0 Å². The number of carbonyl (C=O) groups is 1. The Morgan fingerprint density at radius 3 is 2.78 bits per heavy atom. The molecule has 0 aliphatic heterocycles. The molecular weight excluding hydrogens is 250 g/mol. The molecule has 0 radical (unpaired) electrons. The van der Waals surface area contributed by atoms with Crippen LogP contribution < -0.4 is 5.32 Å². The molecule has 1 fully saturated rings. The van der Waals surface area contributed by atoms with E-state index in [9.17, 15) is 4.79 Å². The summed E-state index contributed by atoms with van der Waals surface area (Å²) in [5.74, 6) is 1.08. The third-order valence-electron chi connectivity index (χ3n) is 3.93. The lowest BCUT2D eigenvalue weighted by molar-refractivity contribution is 0.0920. The van der Waals surface area contributed by atoms with Gasteiger partial charge < -0.3 is 5.32 Å². The number of halogens is 1. The fraction of sp³-hybridized carbons (Fsp3) is 0.615. The minimum atomic E-state index is -0.159. The van der Waals surface area contributed by atoms with Crippen LogP contribution in [0, 0.1) is 11.8 Å². The summed E-state index contributed by atoms with van der Waals surface area (Å²) in [6, 6.07) is 3.43. The Balaban J connectivity index is 1.98. The molecule has 1 amide bonds. The number of nitrogens with zero attached hydrogens (tertiary/aromatic N) is 2. The third kappa shape index (κ3) is 2.80. The molecule has 1 aromatic heterocycles. The molecule has 18 heavy (non-hydrogen) atoms. The number of hydrogen-bond donors (Lipinski definition) is 1. The maximum Gasteiger partial charge on any atom is 0.272 e. The van der Waals surface area contributed by atoms with Gasteiger partial charge in [0.25, 0.3) is 5.91 Å². The highest BCUT2D eigenvalue weighted by molar-refractivity contribution is 6.29. The van der Waals surface area contributed by atoms with Crippen molar-refractivity contribution < 1.29 is 4.79 Å². The van der Waals surface area contributed by atoms with Crippen molar-refractivity contribution in [3.05, 3.63) is 23.0 Å². The molecule has 0 aromatic carbocycles. The average molecular weight is 268 g/mol. The molecule has 1 aliphatic rings. The quantitative estimate of drug-likeness (QED) is 0.916. The Morgan fingerprint density at radius 1 is 1.44 bits per heavy atom. The number of amides is 1. The van der Waals surface area contributed by atoms with Crippen LogP contribution >= 0.6 is 11.6 Å². The number of hydrogen-bond acceptors (Lipinski definition) is 3. The van der Waals surface area contributed by atoms with E-state index in [2.05, 4.69) is 29.4 Å². The van der Waals surface area contributed by atoms with Crippen LogP contribution in [0.25, 0.3) is 0 Å². The molecule has 0 spiro atoms. The molecule has 3 atom stereocenters. The van der Waals surface area contributed by atoms with Gasteiger partial charge in [0.1, 0.15) is 0 Å². The van der Waals surface area contributed by atoms with E-state index >= 15 is 0 Å². The number of carbonyl (C=O) groups excluding carboxylic acids is 1. The summed E-state index contributed by atoms with van der Waals surface area (Å²) < 4.78 is 0. The lowest BCUT2D eigenvalue weighted by Gasteiger charge is -2.20. The van der Waals surface area contributed by atoms with Gasteiger partial charge in [-0.2, -0.15) is 0 Å². The van der Waals surface area contributed by atoms with E-state index in [1.165, 1.54) is 12.8 Å². The predicted octanol–water partition coefficient (Wildman–Crippen LogP) is 2.68. The number of aromatic nitrogens is 2. The molecule has 98 valence electrons. The first-order valence-corrected chi connectivity index (χ1v) is 6.79. The maximum absolute atomic E-state index is 12.0. The Labute approximate surface area is 112 Å². The van der Waals surface area contributed by atoms with Gasteiger partial charge in [-0.05, 0) is 36.8 Å². The highest BCUT2D eigenvalue weighted by Crippen LogP contribution is 2.33. The molecule has 1 saturated carbocycles. The van der Waals surface area contributed by atoms with Crippen molar-refractivity contribution >= 4 is 17.5 Å². The van der Waals surface area contributed by atoms with Crippen molar-refractivity contribution in [1.29, 1.82) is 0 Å². The van der Waals surface area contributed by atoms with Gasteiger partial charge >= 0.3 is 0 Å². The molecule has 4 nitrogen and oxygen atoms in total. The summed E-state index contributed by atoms with van der Waals surface area (Å²) in [5, 5.41) is 10.8. The molecule has 0 bridgehead atoms. The molecule has 2 rings (SSSR count). The van der Waals surface area contributed by atoms with Crippen molar-refractivity contribution in [2.24, 2.45) is 11.8 Å². The zero-order chi connectivity index (χ0) is 13.1. The Hall–Kier alpha value is -1.16. The summed E-state index contributed by atoms with van der Waals surface area (Å²) in [7, 11) is 0. The van der Waals surface area contributed by atoms with Crippen molar-refractivity contribution in [1.82, 2.24) is 15.5 Å². The number of rotatable bonds is 3. The minimum Gasteiger partial charge on any atom is -0.348 e. The van der Waals surface area contributed by atoms with E-state index < -0.39 is 0 Å². The summed E-state index contributed by atoms with van der Waals surface area (Å²) in [6.07, 6.45) is 3.41. The summed E-state index contributed by atoms with van der Waals surface area (Å²) >= 11 is 5.64. The summed E-state index contributed by atoms with van der Waals surface area (Å²) in [6.45, 7) is 4.41. The van der Waals surface area contributed by atoms with E-state index in [0.717, 1.165) is 6.42 Å². The summed E-state index contributed by atoms with van der Waals surface area (Å²) in [5.41, 5.74) is 0.326. The first-order valence-electron chi connectivity index (χ1n) is 6.42. The normalized spacial score (nSPS) is 27.2. The zero-order valence-corrected chi connectivity index (χ0v) is 11.4. The fourth-order valence-corrected chi connectivity index (χ4v) is 2.81. The van der Waals surface area contributed by atoms with E-state index in [1.54, 1.807) is 12.1 Å². The van der Waals surface area contributed by atoms with Crippen molar-refractivity contribution in [3.8, 4) is 0 Å². The van der Waals surface area contributed by atoms with Crippen LogP contribution in [0.1, 0.15) is 43.6 Å². The molecule has 1 aromatic rings. The maximum atomic E-state index is 12.0. The SMILES string of the molecule is CCC1CCC(NC(=O)c2ccc(Cl)nn2)C1C. The molecule has 0 saturated heterocycles. The van der Waals surface area contributed by atoms with Gasteiger partial charge in [-0.15, -0.1) is 10.2 Å². The van der Waals surface area contributed by atoms with Crippen LogP contribution in [0.4, 0.5) is 0 Å². The van der Waals surface area contributed by atoms with Crippen LogP contribution in [0.3, 0.4) is 0 Å². The molecule has 5 heteroatoms.